The van der Waals surface area contributed by atoms with Crippen LogP contribution in [-0.4, -0.2) is 31.0 Å². The summed E-state index contributed by atoms with van der Waals surface area (Å²) in [5, 5.41) is 13.3. The van der Waals surface area contributed by atoms with Gasteiger partial charge in [-0.1, -0.05) is 37.3 Å². The number of hydrogen-bond acceptors (Lipinski definition) is 3. The van der Waals surface area contributed by atoms with E-state index in [0.29, 0.717) is 13.2 Å². The highest BCUT2D eigenvalue weighted by Crippen LogP contribution is 2.15. The maximum atomic E-state index is 9.98. The first kappa shape index (κ1) is 14.2. The largest absolute Gasteiger partial charge is 0.389 e. The molecule has 0 heterocycles. The fourth-order valence-electron chi connectivity index (χ4n) is 1.59. The maximum absolute atomic E-state index is 9.98. The van der Waals surface area contributed by atoms with E-state index in [4.69, 9.17) is 4.74 Å². The first-order valence-corrected chi connectivity index (χ1v) is 6.08. The van der Waals surface area contributed by atoms with Gasteiger partial charge < -0.3 is 15.2 Å². The minimum atomic E-state index is -0.666. The molecule has 1 aromatic carbocycles. The summed E-state index contributed by atoms with van der Waals surface area (Å²) in [4.78, 5) is 0. The van der Waals surface area contributed by atoms with Crippen molar-refractivity contribution < 1.29 is 9.84 Å². The highest BCUT2D eigenvalue weighted by atomic mass is 16.5. The van der Waals surface area contributed by atoms with Crippen molar-refractivity contribution in [2.45, 2.75) is 31.9 Å². The Morgan fingerprint density at radius 1 is 1.35 bits per heavy atom. The predicted octanol–water partition coefficient (Wildman–Crippen LogP) is 2.12. The van der Waals surface area contributed by atoms with Crippen LogP contribution in [0, 0.1) is 0 Å². The SMILES string of the molecule is CCC(C)(O)CNC(COC)c1ccccc1. The minimum absolute atomic E-state index is 0.124. The molecule has 0 aliphatic carbocycles. The number of nitrogens with one attached hydrogen (secondary N) is 1. The van der Waals surface area contributed by atoms with Gasteiger partial charge in [0.25, 0.3) is 0 Å². The molecule has 0 aliphatic heterocycles. The maximum Gasteiger partial charge on any atom is 0.0741 e. The van der Waals surface area contributed by atoms with Crippen LogP contribution in [0.2, 0.25) is 0 Å². The zero-order chi connectivity index (χ0) is 12.7. The third-order valence-electron chi connectivity index (χ3n) is 3.03. The predicted molar refractivity (Wildman–Crippen MR) is 70.0 cm³/mol. The average Bonchev–Trinajstić information content (AvgIpc) is 2.35. The van der Waals surface area contributed by atoms with Crippen LogP contribution in [0.5, 0.6) is 0 Å². The topological polar surface area (TPSA) is 41.5 Å². The highest BCUT2D eigenvalue weighted by Gasteiger charge is 2.20. The quantitative estimate of drug-likeness (QED) is 0.763. The van der Waals surface area contributed by atoms with E-state index in [1.165, 1.54) is 5.56 Å². The van der Waals surface area contributed by atoms with Crippen molar-refractivity contribution in [1.82, 2.24) is 5.32 Å². The second kappa shape index (κ2) is 6.74. The van der Waals surface area contributed by atoms with E-state index >= 15 is 0 Å². The molecule has 0 saturated carbocycles. The summed E-state index contributed by atoms with van der Waals surface area (Å²) in [6.07, 6.45) is 0.731. The van der Waals surface area contributed by atoms with Gasteiger partial charge in [0.2, 0.25) is 0 Å². The zero-order valence-corrected chi connectivity index (χ0v) is 10.9. The van der Waals surface area contributed by atoms with Crippen molar-refractivity contribution >= 4 is 0 Å². The van der Waals surface area contributed by atoms with E-state index in [9.17, 15) is 5.11 Å². The van der Waals surface area contributed by atoms with Crippen LogP contribution < -0.4 is 5.32 Å². The Bertz CT molecular complexity index is 311. The Morgan fingerprint density at radius 3 is 2.53 bits per heavy atom. The third kappa shape index (κ3) is 4.86. The Kier molecular flexibility index (Phi) is 5.62. The van der Waals surface area contributed by atoms with Crippen molar-refractivity contribution in [1.29, 1.82) is 0 Å². The van der Waals surface area contributed by atoms with E-state index in [1.807, 2.05) is 32.0 Å². The fourth-order valence-corrected chi connectivity index (χ4v) is 1.59. The van der Waals surface area contributed by atoms with Crippen molar-refractivity contribution in [3.8, 4) is 0 Å². The van der Waals surface area contributed by atoms with E-state index in [-0.39, 0.29) is 6.04 Å². The van der Waals surface area contributed by atoms with Crippen LogP contribution in [0.15, 0.2) is 30.3 Å². The number of benzene rings is 1. The zero-order valence-electron chi connectivity index (χ0n) is 10.9. The molecule has 1 rings (SSSR count). The lowest BCUT2D eigenvalue weighted by Gasteiger charge is -2.26. The molecule has 0 fully saturated rings. The van der Waals surface area contributed by atoms with Crippen LogP contribution in [0.25, 0.3) is 0 Å². The molecule has 17 heavy (non-hydrogen) atoms. The van der Waals surface area contributed by atoms with Crippen LogP contribution in [0.4, 0.5) is 0 Å². The molecule has 3 heteroatoms. The normalized spacial score (nSPS) is 16.5. The van der Waals surface area contributed by atoms with Crippen LogP contribution in [0.1, 0.15) is 31.9 Å². The number of aliphatic hydroxyl groups is 1. The highest BCUT2D eigenvalue weighted by molar-refractivity contribution is 5.19. The van der Waals surface area contributed by atoms with Crippen molar-refractivity contribution in [3.05, 3.63) is 35.9 Å². The Hall–Kier alpha value is -0.900. The van der Waals surface area contributed by atoms with Gasteiger partial charge in [-0.05, 0) is 18.9 Å². The third-order valence-corrected chi connectivity index (χ3v) is 3.03. The molecule has 0 aliphatic rings. The summed E-state index contributed by atoms with van der Waals surface area (Å²) in [5.74, 6) is 0. The van der Waals surface area contributed by atoms with Gasteiger partial charge >= 0.3 is 0 Å². The van der Waals surface area contributed by atoms with Gasteiger partial charge in [0.15, 0.2) is 0 Å². The van der Waals surface area contributed by atoms with Gasteiger partial charge in [-0.25, -0.2) is 0 Å². The Balaban J connectivity index is 2.61. The van der Waals surface area contributed by atoms with E-state index in [2.05, 4.69) is 17.4 Å². The monoisotopic (exact) mass is 237 g/mol. The summed E-state index contributed by atoms with van der Waals surface area (Å²) in [6, 6.07) is 10.3. The van der Waals surface area contributed by atoms with Gasteiger partial charge in [0.1, 0.15) is 0 Å². The Morgan fingerprint density at radius 2 is 2.00 bits per heavy atom. The molecule has 1 aromatic rings. The second-order valence-corrected chi connectivity index (χ2v) is 4.65. The molecule has 2 atom stereocenters. The van der Waals surface area contributed by atoms with Gasteiger partial charge in [-0.3, -0.25) is 0 Å². The first-order chi connectivity index (χ1) is 8.09. The molecule has 0 aromatic heterocycles. The molecule has 0 amide bonds. The van der Waals surface area contributed by atoms with Gasteiger partial charge in [-0.15, -0.1) is 0 Å². The van der Waals surface area contributed by atoms with Gasteiger partial charge in [0, 0.05) is 13.7 Å². The second-order valence-electron chi connectivity index (χ2n) is 4.65. The lowest BCUT2D eigenvalue weighted by Crippen LogP contribution is -2.40. The number of methoxy groups -OCH3 is 1. The summed E-state index contributed by atoms with van der Waals surface area (Å²) < 4.78 is 5.21. The van der Waals surface area contributed by atoms with E-state index in [1.54, 1.807) is 7.11 Å². The number of hydrogen-bond donors (Lipinski definition) is 2. The standard InChI is InChI=1S/C14H23NO2/c1-4-14(2,16)11-15-13(10-17-3)12-8-6-5-7-9-12/h5-9,13,15-16H,4,10-11H2,1-3H3. The van der Waals surface area contributed by atoms with E-state index < -0.39 is 5.60 Å². The lowest BCUT2D eigenvalue weighted by molar-refractivity contribution is 0.0481. The van der Waals surface area contributed by atoms with Crippen LogP contribution in [0.3, 0.4) is 0 Å². The molecule has 0 bridgehead atoms. The molecule has 2 N–H and O–H groups in total. The molecule has 96 valence electrons. The molecule has 2 unspecified atom stereocenters. The van der Waals surface area contributed by atoms with Gasteiger partial charge in [0.05, 0.1) is 18.2 Å². The lowest BCUT2D eigenvalue weighted by atomic mass is 10.0. The first-order valence-electron chi connectivity index (χ1n) is 6.08. The average molecular weight is 237 g/mol. The minimum Gasteiger partial charge on any atom is -0.389 e. The molecule has 0 saturated heterocycles. The summed E-state index contributed by atoms with van der Waals surface area (Å²) in [5.41, 5.74) is 0.516. The molecule has 3 nitrogen and oxygen atoms in total. The fraction of sp³-hybridized carbons (Fsp3) is 0.571. The van der Waals surface area contributed by atoms with Crippen molar-refractivity contribution in [2.24, 2.45) is 0 Å². The van der Waals surface area contributed by atoms with Crippen LogP contribution >= 0.6 is 0 Å². The summed E-state index contributed by atoms with van der Waals surface area (Å²) in [6.45, 7) is 4.99. The van der Waals surface area contributed by atoms with Crippen molar-refractivity contribution in [3.63, 3.8) is 0 Å². The summed E-state index contributed by atoms with van der Waals surface area (Å²) in [7, 11) is 1.69. The molecule has 0 radical (unpaired) electrons. The van der Waals surface area contributed by atoms with Gasteiger partial charge in [-0.2, -0.15) is 0 Å². The van der Waals surface area contributed by atoms with Crippen molar-refractivity contribution in [2.75, 3.05) is 20.3 Å². The smallest absolute Gasteiger partial charge is 0.0741 e. The summed E-state index contributed by atoms with van der Waals surface area (Å²) >= 11 is 0. The van der Waals surface area contributed by atoms with E-state index in [0.717, 1.165) is 6.42 Å². The number of rotatable bonds is 7. The Labute approximate surface area is 104 Å². The number of ether oxygens (including phenoxy) is 1. The molecular formula is C14H23NO2. The van der Waals surface area contributed by atoms with Crippen LogP contribution in [-0.2, 0) is 4.74 Å². The molecular weight excluding hydrogens is 214 g/mol. The molecule has 0 spiro atoms.